The molecule has 1 aromatic rings. The first-order valence-corrected chi connectivity index (χ1v) is 5.68. The van der Waals surface area contributed by atoms with Gasteiger partial charge < -0.3 is 5.73 Å². The Morgan fingerprint density at radius 3 is 2.31 bits per heavy atom. The quantitative estimate of drug-likeness (QED) is 0.869. The summed E-state index contributed by atoms with van der Waals surface area (Å²) in [4.78, 5) is 0. The van der Waals surface area contributed by atoms with Gasteiger partial charge in [0.25, 0.3) is 0 Å². The Morgan fingerprint density at radius 1 is 1.25 bits per heavy atom. The first kappa shape index (κ1) is 12.1. The molecule has 2 N–H and O–H groups in total. The second-order valence-corrected chi connectivity index (χ2v) is 5.16. The first-order valence-electron chi connectivity index (χ1n) is 4.92. The summed E-state index contributed by atoms with van der Waals surface area (Å²) in [6.45, 7) is 0.171. The standard InChI is InChI=1S/C11H11Cl2F2N/c12-7-1-2-8(9(13)3-7)10(6-16)4-11(14,15)5-10/h1-3H,4-6,16H2. The summed E-state index contributed by atoms with van der Waals surface area (Å²) in [5, 5.41) is 0.903. The van der Waals surface area contributed by atoms with E-state index in [0.29, 0.717) is 15.6 Å². The molecular weight excluding hydrogens is 255 g/mol. The van der Waals surface area contributed by atoms with Crippen LogP contribution in [-0.4, -0.2) is 12.5 Å². The third kappa shape index (κ3) is 1.92. The molecule has 0 atom stereocenters. The van der Waals surface area contributed by atoms with Crippen LogP contribution in [0.1, 0.15) is 18.4 Å². The highest BCUT2D eigenvalue weighted by Gasteiger charge is 2.57. The van der Waals surface area contributed by atoms with Gasteiger partial charge in [0, 0.05) is 34.8 Å². The highest BCUT2D eigenvalue weighted by Crippen LogP contribution is 2.54. The van der Waals surface area contributed by atoms with Gasteiger partial charge in [-0.1, -0.05) is 29.3 Å². The minimum absolute atomic E-state index is 0.171. The zero-order chi connectivity index (χ0) is 12.0. The third-order valence-corrected chi connectivity index (χ3v) is 3.64. The predicted octanol–water partition coefficient (Wildman–Crippen LogP) is 3.62. The van der Waals surface area contributed by atoms with E-state index in [1.54, 1.807) is 18.2 Å². The van der Waals surface area contributed by atoms with E-state index in [-0.39, 0.29) is 19.4 Å². The van der Waals surface area contributed by atoms with Crippen LogP contribution in [0.5, 0.6) is 0 Å². The Hall–Kier alpha value is -0.380. The summed E-state index contributed by atoms with van der Waals surface area (Å²) in [5.74, 6) is -2.62. The van der Waals surface area contributed by atoms with Crippen molar-refractivity contribution in [2.24, 2.45) is 5.73 Å². The van der Waals surface area contributed by atoms with Crippen LogP contribution in [0.2, 0.25) is 10.0 Å². The molecule has 0 radical (unpaired) electrons. The Labute approximate surface area is 103 Å². The summed E-state index contributed by atoms with van der Waals surface area (Å²) in [7, 11) is 0. The largest absolute Gasteiger partial charge is 0.330 e. The molecule has 1 aromatic carbocycles. The zero-order valence-electron chi connectivity index (χ0n) is 8.44. The van der Waals surface area contributed by atoms with Crippen LogP contribution < -0.4 is 5.73 Å². The van der Waals surface area contributed by atoms with Gasteiger partial charge in [-0.25, -0.2) is 8.78 Å². The smallest absolute Gasteiger partial charge is 0.250 e. The SMILES string of the molecule is NCC1(c2ccc(Cl)cc2Cl)CC(F)(F)C1. The molecule has 1 nitrogen and oxygen atoms in total. The van der Waals surface area contributed by atoms with Crippen molar-refractivity contribution in [1.82, 2.24) is 0 Å². The van der Waals surface area contributed by atoms with Crippen LogP contribution in [0.15, 0.2) is 18.2 Å². The monoisotopic (exact) mass is 265 g/mol. The Morgan fingerprint density at radius 2 is 1.88 bits per heavy atom. The highest BCUT2D eigenvalue weighted by atomic mass is 35.5. The molecular formula is C11H11Cl2F2N. The van der Waals surface area contributed by atoms with Gasteiger partial charge in [0.05, 0.1) is 0 Å². The van der Waals surface area contributed by atoms with Crippen LogP contribution in [0, 0.1) is 0 Å². The van der Waals surface area contributed by atoms with Crippen molar-refractivity contribution in [1.29, 1.82) is 0 Å². The number of hydrogen-bond donors (Lipinski definition) is 1. The maximum Gasteiger partial charge on any atom is 0.250 e. The van der Waals surface area contributed by atoms with Gasteiger partial charge in [-0.05, 0) is 17.7 Å². The topological polar surface area (TPSA) is 26.0 Å². The van der Waals surface area contributed by atoms with E-state index in [4.69, 9.17) is 28.9 Å². The Bertz CT molecular complexity index is 412. The lowest BCUT2D eigenvalue weighted by Gasteiger charge is -2.47. The fourth-order valence-electron chi connectivity index (χ4n) is 2.30. The molecule has 1 aliphatic carbocycles. The molecule has 0 aliphatic heterocycles. The predicted molar refractivity (Wildman–Crippen MR) is 61.4 cm³/mol. The van der Waals surface area contributed by atoms with E-state index >= 15 is 0 Å². The number of nitrogens with two attached hydrogens (primary N) is 1. The Balaban J connectivity index is 2.36. The number of alkyl halides is 2. The van der Waals surface area contributed by atoms with E-state index in [9.17, 15) is 8.78 Å². The highest BCUT2D eigenvalue weighted by molar-refractivity contribution is 6.35. The van der Waals surface area contributed by atoms with Crippen molar-refractivity contribution in [3.05, 3.63) is 33.8 Å². The molecule has 1 saturated carbocycles. The molecule has 5 heteroatoms. The average Bonchev–Trinajstić information content (AvgIpc) is 2.13. The number of benzene rings is 1. The van der Waals surface area contributed by atoms with Gasteiger partial charge in [-0.15, -0.1) is 0 Å². The third-order valence-electron chi connectivity index (χ3n) is 3.09. The molecule has 0 heterocycles. The molecule has 2 rings (SSSR count). The molecule has 0 unspecified atom stereocenters. The maximum atomic E-state index is 13.0. The fraction of sp³-hybridized carbons (Fsp3) is 0.455. The lowest BCUT2D eigenvalue weighted by Crippen LogP contribution is -2.53. The van der Waals surface area contributed by atoms with Gasteiger partial charge in [0.1, 0.15) is 0 Å². The summed E-state index contributed by atoms with van der Waals surface area (Å²) in [5.41, 5.74) is 5.59. The molecule has 0 amide bonds. The van der Waals surface area contributed by atoms with Crippen LogP contribution in [0.3, 0.4) is 0 Å². The van der Waals surface area contributed by atoms with Gasteiger partial charge in [0.15, 0.2) is 0 Å². The van der Waals surface area contributed by atoms with Crippen molar-refractivity contribution >= 4 is 23.2 Å². The van der Waals surface area contributed by atoms with Gasteiger partial charge in [0.2, 0.25) is 5.92 Å². The van der Waals surface area contributed by atoms with Crippen molar-refractivity contribution in [3.8, 4) is 0 Å². The van der Waals surface area contributed by atoms with Crippen LogP contribution >= 0.6 is 23.2 Å². The summed E-state index contributed by atoms with van der Waals surface area (Å²) < 4.78 is 26.0. The minimum Gasteiger partial charge on any atom is -0.330 e. The second kappa shape index (κ2) is 3.83. The van der Waals surface area contributed by atoms with Crippen LogP contribution in [-0.2, 0) is 5.41 Å². The van der Waals surface area contributed by atoms with Crippen LogP contribution in [0.4, 0.5) is 8.78 Å². The van der Waals surface area contributed by atoms with Gasteiger partial charge in [-0.2, -0.15) is 0 Å². The first-order chi connectivity index (χ1) is 7.38. The number of rotatable bonds is 2. The van der Waals surface area contributed by atoms with Crippen molar-refractivity contribution in [2.75, 3.05) is 6.54 Å². The zero-order valence-corrected chi connectivity index (χ0v) is 9.95. The van der Waals surface area contributed by atoms with Crippen molar-refractivity contribution in [2.45, 2.75) is 24.2 Å². The summed E-state index contributed by atoms with van der Waals surface area (Å²) in [6, 6.07) is 4.90. The van der Waals surface area contributed by atoms with E-state index in [1.165, 1.54) is 0 Å². The van der Waals surface area contributed by atoms with Crippen molar-refractivity contribution in [3.63, 3.8) is 0 Å². The van der Waals surface area contributed by atoms with Crippen molar-refractivity contribution < 1.29 is 8.78 Å². The second-order valence-electron chi connectivity index (χ2n) is 4.32. The lowest BCUT2D eigenvalue weighted by atomic mass is 9.62. The minimum atomic E-state index is -2.62. The molecule has 0 spiro atoms. The van der Waals surface area contributed by atoms with E-state index in [0.717, 1.165) is 0 Å². The molecule has 88 valence electrons. The van der Waals surface area contributed by atoms with Crippen LogP contribution in [0.25, 0.3) is 0 Å². The Kier molecular flexibility index (Phi) is 2.89. The molecule has 0 bridgehead atoms. The molecule has 16 heavy (non-hydrogen) atoms. The van der Waals surface area contributed by atoms with E-state index < -0.39 is 11.3 Å². The summed E-state index contributed by atoms with van der Waals surface area (Å²) >= 11 is 11.8. The normalized spacial score (nSPS) is 21.6. The summed E-state index contributed by atoms with van der Waals surface area (Å²) in [6.07, 6.45) is -0.476. The molecule has 0 saturated heterocycles. The fourth-order valence-corrected chi connectivity index (χ4v) is 2.91. The number of hydrogen-bond acceptors (Lipinski definition) is 1. The van der Waals surface area contributed by atoms with Gasteiger partial charge >= 0.3 is 0 Å². The molecule has 0 aromatic heterocycles. The molecule has 1 fully saturated rings. The lowest BCUT2D eigenvalue weighted by molar-refractivity contribution is -0.123. The van der Waals surface area contributed by atoms with Gasteiger partial charge in [-0.3, -0.25) is 0 Å². The average molecular weight is 266 g/mol. The maximum absolute atomic E-state index is 13.0. The van der Waals surface area contributed by atoms with E-state index in [1.807, 2.05) is 0 Å². The number of halogens is 4. The van der Waals surface area contributed by atoms with E-state index in [2.05, 4.69) is 0 Å². The molecule has 1 aliphatic rings.